The monoisotopic (exact) mass is 439 g/mol. The zero-order chi connectivity index (χ0) is 5.86. The van der Waals surface area contributed by atoms with E-state index in [9.17, 15) is 4.79 Å². The van der Waals surface area contributed by atoms with Crippen LogP contribution in [-0.4, -0.2) is 7.42 Å². The summed E-state index contributed by atoms with van der Waals surface area (Å²) in [4.78, 5) is 10.2. The van der Waals surface area contributed by atoms with Gasteiger partial charge < -0.3 is 3.07 Å². The van der Waals surface area contributed by atoms with Gasteiger partial charge >= 0.3 is 6.09 Å². The van der Waals surface area contributed by atoms with Crippen LogP contribution in [0.4, 0.5) is 4.79 Å². The van der Waals surface area contributed by atoms with Crippen molar-refractivity contribution in [3.8, 4) is 0 Å². The zero-order valence-electron chi connectivity index (χ0n) is 2.90. The fourth-order valence-corrected chi connectivity index (χ4v) is 1.17. The topological polar surface area (TPSA) is 29.5 Å². The van der Waals surface area contributed by atoms with Gasteiger partial charge in [-0.05, 0) is 0 Å². The van der Waals surface area contributed by atoms with Crippen LogP contribution in [0.15, 0.2) is 0 Å². The van der Waals surface area contributed by atoms with Crippen LogP contribution in [-0.2, 0) is 3.07 Å². The first-order chi connectivity index (χ1) is 3.18. The summed E-state index contributed by atoms with van der Waals surface area (Å²) in [6, 6.07) is 0. The third-order valence-corrected chi connectivity index (χ3v) is 1.37. The Morgan fingerprint density at radius 2 is 2.00 bits per heavy atom. The Kier molecular flexibility index (Phi) is 5.26. The molecule has 0 spiro atoms. The highest BCUT2D eigenvalue weighted by atomic mass is 127. The van der Waals surface area contributed by atoms with E-state index >= 15 is 0 Å². The van der Waals surface area contributed by atoms with Crippen LogP contribution in [0.5, 0.6) is 0 Å². The molecule has 3 nitrogen and oxygen atoms in total. The summed E-state index contributed by atoms with van der Waals surface area (Å²) in [5.74, 6) is 0. The van der Waals surface area contributed by atoms with Gasteiger partial charge in [0.2, 0.25) is 0 Å². The molecule has 42 valence electrons. The molecule has 0 N–H and O–H groups in total. The molecule has 1 amide bonds. The highest BCUT2D eigenvalue weighted by Gasteiger charge is 2.03. The lowest BCUT2D eigenvalue weighted by molar-refractivity contribution is 0.215. The van der Waals surface area contributed by atoms with Crippen molar-refractivity contribution in [1.29, 1.82) is 0 Å². The molecule has 0 unspecified atom stereocenters. The highest BCUT2D eigenvalue weighted by molar-refractivity contribution is 14.2. The smallest absolute Gasteiger partial charge is 0.377 e. The molecule has 0 aromatic rings. The second-order valence-electron chi connectivity index (χ2n) is 0.576. The molecular formula is CI3NO2. The lowest BCUT2D eigenvalue weighted by Crippen LogP contribution is -2.04. The number of hydrogen-bond donors (Lipinski definition) is 0. The van der Waals surface area contributed by atoms with Crippen molar-refractivity contribution in [2.24, 2.45) is 0 Å². The molecule has 0 aromatic heterocycles. The van der Waals surface area contributed by atoms with Gasteiger partial charge in [-0.3, -0.25) is 0 Å². The minimum Gasteiger partial charge on any atom is -0.377 e. The first-order valence-electron chi connectivity index (χ1n) is 1.12. The Labute approximate surface area is 82.8 Å². The van der Waals surface area contributed by atoms with E-state index in [1.54, 1.807) is 0 Å². The maximum Gasteiger partial charge on any atom is 0.437 e. The van der Waals surface area contributed by atoms with Gasteiger partial charge in [-0.2, -0.15) is 1.33 Å². The fraction of sp³-hybridized carbons (Fsp3) is 0. The molecule has 0 bridgehead atoms. The summed E-state index contributed by atoms with van der Waals surface area (Å²) in [7, 11) is 0. The van der Waals surface area contributed by atoms with Crippen molar-refractivity contribution >= 4 is 74.8 Å². The highest BCUT2D eigenvalue weighted by Crippen LogP contribution is 2.10. The quantitative estimate of drug-likeness (QED) is 0.430. The van der Waals surface area contributed by atoms with Crippen molar-refractivity contribution in [2.45, 2.75) is 0 Å². The van der Waals surface area contributed by atoms with E-state index in [1.165, 1.54) is 24.3 Å². The molecule has 0 fully saturated rings. The van der Waals surface area contributed by atoms with Gasteiger partial charge in [0.25, 0.3) is 0 Å². The summed E-state index contributed by atoms with van der Waals surface area (Å²) < 4.78 is 5.55. The Morgan fingerprint density at radius 1 is 1.57 bits per heavy atom. The van der Waals surface area contributed by atoms with E-state index in [-0.39, 0.29) is 6.09 Å². The van der Waals surface area contributed by atoms with Crippen LogP contribution in [0, 0.1) is 0 Å². The average Bonchev–Trinajstić information content (AvgIpc) is 1.65. The molecule has 0 rings (SSSR count). The summed E-state index contributed by atoms with van der Waals surface area (Å²) in [5, 5.41) is 0. The van der Waals surface area contributed by atoms with Crippen molar-refractivity contribution in [1.82, 2.24) is 1.33 Å². The number of halogens is 3. The van der Waals surface area contributed by atoms with Crippen LogP contribution >= 0.6 is 68.7 Å². The zero-order valence-corrected chi connectivity index (χ0v) is 9.37. The Hall–Kier alpha value is 1.46. The van der Waals surface area contributed by atoms with E-state index in [2.05, 4.69) is 3.07 Å². The van der Waals surface area contributed by atoms with E-state index in [0.29, 0.717) is 0 Å². The van der Waals surface area contributed by atoms with Gasteiger partial charge in [0.15, 0.2) is 23.0 Å². The lowest BCUT2D eigenvalue weighted by atomic mass is 11.3. The fourth-order valence-electron chi connectivity index (χ4n) is 0.0261. The SMILES string of the molecule is O=C(OI)N(I)I. The van der Waals surface area contributed by atoms with Crippen LogP contribution in [0.3, 0.4) is 0 Å². The molecule has 7 heavy (non-hydrogen) atoms. The van der Waals surface area contributed by atoms with Crippen molar-refractivity contribution in [2.75, 3.05) is 0 Å². The van der Waals surface area contributed by atoms with Gasteiger partial charge in [-0.15, -0.1) is 0 Å². The van der Waals surface area contributed by atoms with Gasteiger partial charge in [0.1, 0.15) is 0 Å². The molecule has 0 aliphatic carbocycles. The number of hydrogen-bond acceptors (Lipinski definition) is 2. The molecule has 0 radical (unpaired) electrons. The molecule has 0 aliphatic rings. The van der Waals surface area contributed by atoms with Crippen LogP contribution in [0.1, 0.15) is 0 Å². The Balaban J connectivity index is 3.35. The Morgan fingerprint density at radius 3 is 2.00 bits per heavy atom. The molecule has 0 aromatic carbocycles. The number of carbonyl (C=O) groups is 1. The minimum absolute atomic E-state index is 0.359. The summed E-state index contributed by atoms with van der Waals surface area (Å²) in [6.07, 6.45) is -0.359. The standard InChI is InChI=1S/CI3NO2/c2-5(3)1(6)7-4. The molecule has 0 heterocycles. The maximum absolute atomic E-state index is 10.2. The van der Waals surface area contributed by atoms with Crippen LogP contribution in [0.25, 0.3) is 0 Å². The normalized spacial score (nSPS) is 7.86. The Bertz CT molecular complexity index is 73.3. The van der Waals surface area contributed by atoms with Gasteiger partial charge in [-0.25, -0.2) is 4.79 Å². The van der Waals surface area contributed by atoms with E-state index < -0.39 is 0 Å². The van der Waals surface area contributed by atoms with Crippen LogP contribution in [0.2, 0.25) is 0 Å². The van der Waals surface area contributed by atoms with Crippen molar-refractivity contribution in [3.63, 3.8) is 0 Å². The molecular weight excluding hydrogens is 439 g/mol. The first-order valence-corrected chi connectivity index (χ1v) is 3.93. The summed E-state index contributed by atoms with van der Waals surface area (Å²) in [5.41, 5.74) is 0. The lowest BCUT2D eigenvalue weighted by Gasteiger charge is -1.97. The largest absolute Gasteiger partial charge is 0.437 e. The predicted molar refractivity (Wildman–Crippen MR) is 50.4 cm³/mol. The van der Waals surface area contributed by atoms with E-state index in [1.807, 2.05) is 45.7 Å². The molecule has 0 saturated heterocycles. The van der Waals surface area contributed by atoms with Gasteiger partial charge in [0.05, 0.1) is 45.7 Å². The third kappa shape index (κ3) is 4.00. The van der Waals surface area contributed by atoms with Crippen molar-refractivity contribution in [3.05, 3.63) is 0 Å². The van der Waals surface area contributed by atoms with Gasteiger partial charge in [0, 0.05) is 0 Å². The number of carbonyl (C=O) groups excluding carboxylic acids is 1. The summed E-state index contributed by atoms with van der Waals surface area (Å²) in [6.45, 7) is 0. The van der Waals surface area contributed by atoms with Gasteiger partial charge in [-0.1, -0.05) is 0 Å². The number of nitrogens with zero attached hydrogens (tertiary/aromatic N) is 1. The second-order valence-corrected chi connectivity index (χ2v) is 4.79. The molecule has 0 saturated carbocycles. The molecule has 0 atom stereocenters. The third-order valence-electron chi connectivity index (χ3n) is 0.204. The van der Waals surface area contributed by atoms with Crippen LogP contribution < -0.4 is 0 Å². The maximum atomic E-state index is 10.2. The predicted octanol–water partition coefficient (Wildman–Crippen LogP) is 2.48. The second kappa shape index (κ2) is 4.35. The van der Waals surface area contributed by atoms with E-state index in [4.69, 9.17) is 0 Å². The first kappa shape index (κ1) is 8.46. The number of rotatable bonds is 0. The number of amides is 1. The average molecular weight is 439 g/mol. The molecule has 0 aliphatic heterocycles. The summed E-state index contributed by atoms with van der Waals surface area (Å²) >= 11 is 5.15. The van der Waals surface area contributed by atoms with Crippen molar-refractivity contribution < 1.29 is 7.86 Å². The molecule has 6 heteroatoms. The minimum atomic E-state index is -0.359. The van der Waals surface area contributed by atoms with E-state index in [0.717, 1.165) is 0 Å².